The third-order valence-corrected chi connectivity index (χ3v) is 5.62. The van der Waals surface area contributed by atoms with Crippen LogP contribution >= 0.6 is 0 Å². The molecule has 1 amide bonds. The number of carbonyl (C=O) groups excluding carboxylic acids is 1. The quantitative estimate of drug-likeness (QED) is 0.751. The van der Waals surface area contributed by atoms with Crippen LogP contribution in [-0.4, -0.2) is 33.7 Å². The Hall–Kier alpha value is -2.41. The standard InChI is InChI=1S/C20H25FN2O3S/c1-15-5-4-6-19(16(15)2)23(27(3,25)26)14-12-20(24)22-13-11-17-7-9-18(21)10-8-17/h4-10H,11-14H2,1-3H3,(H,22,24). The van der Waals surface area contributed by atoms with E-state index in [9.17, 15) is 17.6 Å². The smallest absolute Gasteiger partial charge is 0.232 e. The van der Waals surface area contributed by atoms with E-state index in [0.29, 0.717) is 18.7 Å². The third-order valence-electron chi connectivity index (χ3n) is 4.44. The molecule has 0 aliphatic heterocycles. The van der Waals surface area contributed by atoms with Crippen LogP contribution in [0.15, 0.2) is 42.5 Å². The van der Waals surface area contributed by atoms with Crippen molar-refractivity contribution in [1.82, 2.24) is 5.32 Å². The Morgan fingerprint density at radius 3 is 2.41 bits per heavy atom. The number of halogens is 1. The van der Waals surface area contributed by atoms with Gasteiger partial charge in [-0.2, -0.15) is 0 Å². The lowest BCUT2D eigenvalue weighted by Gasteiger charge is -2.24. The number of hydrogen-bond acceptors (Lipinski definition) is 3. The lowest BCUT2D eigenvalue weighted by molar-refractivity contribution is -0.120. The van der Waals surface area contributed by atoms with Gasteiger partial charge in [-0.3, -0.25) is 9.10 Å². The minimum Gasteiger partial charge on any atom is -0.356 e. The van der Waals surface area contributed by atoms with Crippen LogP contribution in [0.4, 0.5) is 10.1 Å². The summed E-state index contributed by atoms with van der Waals surface area (Å²) in [5.74, 6) is -0.522. The highest BCUT2D eigenvalue weighted by atomic mass is 32.2. The topological polar surface area (TPSA) is 66.5 Å². The van der Waals surface area contributed by atoms with Crippen LogP contribution in [0.2, 0.25) is 0 Å². The molecule has 0 unspecified atom stereocenters. The van der Waals surface area contributed by atoms with Crippen LogP contribution in [0.1, 0.15) is 23.1 Å². The molecule has 5 nitrogen and oxygen atoms in total. The summed E-state index contributed by atoms with van der Waals surface area (Å²) in [7, 11) is -3.50. The van der Waals surface area contributed by atoms with Crippen molar-refractivity contribution in [2.24, 2.45) is 0 Å². The number of anilines is 1. The van der Waals surface area contributed by atoms with Gasteiger partial charge in [0, 0.05) is 19.5 Å². The molecule has 1 N–H and O–H groups in total. The van der Waals surface area contributed by atoms with E-state index in [1.165, 1.54) is 16.4 Å². The molecule has 0 bridgehead atoms. The predicted molar refractivity (Wildman–Crippen MR) is 106 cm³/mol. The zero-order valence-corrected chi connectivity index (χ0v) is 16.6. The molecule has 27 heavy (non-hydrogen) atoms. The second kappa shape index (κ2) is 8.99. The summed E-state index contributed by atoms with van der Waals surface area (Å²) in [4.78, 5) is 12.1. The maximum atomic E-state index is 12.9. The average molecular weight is 392 g/mol. The van der Waals surface area contributed by atoms with Gasteiger partial charge < -0.3 is 5.32 Å². The molecule has 0 aromatic heterocycles. The largest absolute Gasteiger partial charge is 0.356 e. The molecule has 0 spiro atoms. The summed E-state index contributed by atoms with van der Waals surface area (Å²) in [6.45, 7) is 4.27. The van der Waals surface area contributed by atoms with Crippen molar-refractivity contribution in [2.75, 3.05) is 23.7 Å². The Labute approximate surface area is 160 Å². The number of sulfonamides is 1. The molecule has 2 rings (SSSR count). The van der Waals surface area contributed by atoms with Crippen LogP contribution < -0.4 is 9.62 Å². The van der Waals surface area contributed by atoms with Crippen molar-refractivity contribution in [3.8, 4) is 0 Å². The maximum absolute atomic E-state index is 12.9. The fraction of sp³-hybridized carbons (Fsp3) is 0.350. The average Bonchev–Trinajstić information content (AvgIpc) is 2.59. The van der Waals surface area contributed by atoms with Crippen molar-refractivity contribution in [3.63, 3.8) is 0 Å². The van der Waals surface area contributed by atoms with Gasteiger partial charge in [-0.1, -0.05) is 24.3 Å². The number of carbonyl (C=O) groups is 1. The van der Waals surface area contributed by atoms with E-state index in [0.717, 1.165) is 22.9 Å². The lowest BCUT2D eigenvalue weighted by Crippen LogP contribution is -2.35. The Kier molecular flexibility index (Phi) is 6.96. The van der Waals surface area contributed by atoms with E-state index in [1.54, 1.807) is 24.3 Å². The van der Waals surface area contributed by atoms with Crippen molar-refractivity contribution in [3.05, 3.63) is 65.0 Å². The van der Waals surface area contributed by atoms with Crippen LogP contribution in [0.5, 0.6) is 0 Å². The second-order valence-corrected chi connectivity index (χ2v) is 8.44. The van der Waals surface area contributed by atoms with Crippen molar-refractivity contribution >= 4 is 21.6 Å². The van der Waals surface area contributed by atoms with E-state index in [2.05, 4.69) is 5.32 Å². The van der Waals surface area contributed by atoms with Gasteiger partial charge in [0.15, 0.2) is 0 Å². The highest BCUT2D eigenvalue weighted by molar-refractivity contribution is 7.92. The van der Waals surface area contributed by atoms with E-state index in [4.69, 9.17) is 0 Å². The number of amides is 1. The van der Waals surface area contributed by atoms with Gasteiger partial charge in [-0.25, -0.2) is 12.8 Å². The van der Waals surface area contributed by atoms with Crippen LogP contribution in [0.3, 0.4) is 0 Å². The van der Waals surface area contributed by atoms with Gasteiger partial charge in [0.25, 0.3) is 0 Å². The highest BCUT2D eigenvalue weighted by Gasteiger charge is 2.20. The molecule has 0 heterocycles. The number of benzene rings is 2. The minimum absolute atomic E-state index is 0.0594. The summed E-state index contributed by atoms with van der Waals surface area (Å²) in [5, 5.41) is 2.78. The molecule has 0 fully saturated rings. The van der Waals surface area contributed by atoms with Gasteiger partial charge >= 0.3 is 0 Å². The maximum Gasteiger partial charge on any atom is 0.232 e. The molecule has 0 aliphatic carbocycles. The molecule has 2 aromatic rings. The van der Waals surface area contributed by atoms with Gasteiger partial charge in [0.1, 0.15) is 5.82 Å². The van der Waals surface area contributed by atoms with Gasteiger partial charge in [-0.05, 0) is 55.2 Å². The third kappa shape index (κ3) is 6.06. The normalized spacial score (nSPS) is 11.3. The number of nitrogens with one attached hydrogen (secondary N) is 1. The fourth-order valence-corrected chi connectivity index (χ4v) is 3.74. The predicted octanol–water partition coefficient (Wildman–Crippen LogP) is 2.96. The molecular formula is C20H25FN2O3S. The first-order valence-electron chi connectivity index (χ1n) is 8.73. The van der Waals surface area contributed by atoms with Crippen LogP contribution in [0, 0.1) is 19.7 Å². The van der Waals surface area contributed by atoms with E-state index >= 15 is 0 Å². The molecule has 0 saturated heterocycles. The van der Waals surface area contributed by atoms with Gasteiger partial charge in [-0.15, -0.1) is 0 Å². The summed E-state index contributed by atoms with van der Waals surface area (Å²) >= 11 is 0. The van der Waals surface area contributed by atoms with E-state index in [-0.39, 0.29) is 24.7 Å². The molecule has 146 valence electrons. The van der Waals surface area contributed by atoms with Crippen molar-refractivity contribution < 1.29 is 17.6 Å². The minimum atomic E-state index is -3.50. The summed E-state index contributed by atoms with van der Waals surface area (Å²) in [5.41, 5.74) is 3.38. The van der Waals surface area contributed by atoms with Crippen LogP contribution in [-0.2, 0) is 21.2 Å². The summed E-state index contributed by atoms with van der Waals surface area (Å²) < 4.78 is 38.5. The SMILES string of the molecule is Cc1cccc(N(CCC(=O)NCCc2ccc(F)cc2)S(C)(=O)=O)c1C. The summed E-state index contributed by atoms with van der Waals surface area (Å²) in [6.07, 6.45) is 1.78. The first kappa shape index (κ1) is 20.9. The Balaban J connectivity index is 1.93. The molecular weight excluding hydrogens is 367 g/mol. The zero-order valence-electron chi connectivity index (χ0n) is 15.8. The number of rotatable bonds is 8. The monoisotopic (exact) mass is 392 g/mol. The van der Waals surface area contributed by atoms with Crippen molar-refractivity contribution in [2.45, 2.75) is 26.7 Å². The van der Waals surface area contributed by atoms with Crippen molar-refractivity contribution in [1.29, 1.82) is 0 Å². The fourth-order valence-electron chi connectivity index (χ4n) is 2.76. The Bertz CT molecular complexity index is 896. The molecule has 0 aliphatic rings. The molecule has 0 saturated carbocycles. The summed E-state index contributed by atoms with van der Waals surface area (Å²) in [6, 6.07) is 11.6. The first-order valence-corrected chi connectivity index (χ1v) is 10.6. The van der Waals surface area contributed by atoms with Gasteiger partial charge in [0.2, 0.25) is 15.9 Å². The number of hydrogen-bond donors (Lipinski definition) is 1. The van der Waals surface area contributed by atoms with E-state index < -0.39 is 10.0 Å². The Morgan fingerprint density at radius 1 is 1.11 bits per heavy atom. The molecule has 0 radical (unpaired) electrons. The molecule has 7 heteroatoms. The molecule has 0 atom stereocenters. The number of nitrogens with zero attached hydrogens (tertiary/aromatic N) is 1. The lowest BCUT2D eigenvalue weighted by atomic mass is 10.1. The van der Waals surface area contributed by atoms with E-state index in [1.807, 2.05) is 19.9 Å². The second-order valence-electron chi connectivity index (χ2n) is 6.53. The zero-order chi connectivity index (χ0) is 20.0. The Morgan fingerprint density at radius 2 is 1.78 bits per heavy atom. The first-order chi connectivity index (χ1) is 12.7. The van der Waals surface area contributed by atoms with Crippen LogP contribution in [0.25, 0.3) is 0 Å². The van der Waals surface area contributed by atoms with Gasteiger partial charge in [0.05, 0.1) is 11.9 Å². The molecule has 2 aromatic carbocycles. The number of aryl methyl sites for hydroxylation is 1. The highest BCUT2D eigenvalue weighted by Crippen LogP contribution is 2.25.